The number of hydrogen-bond donors (Lipinski definition) is 0. The SMILES string of the molecule is CC[C@H](C)n1cc(/C=C2/SC(=O)N(Cc3cccc([N+](=O)[O-])c3)C2=O)c2ccccc21. The van der Waals surface area contributed by atoms with E-state index in [1.807, 2.05) is 30.5 Å². The molecule has 0 saturated carbocycles. The highest BCUT2D eigenvalue weighted by molar-refractivity contribution is 8.18. The van der Waals surface area contributed by atoms with Crippen molar-refractivity contribution in [2.75, 3.05) is 0 Å². The van der Waals surface area contributed by atoms with Gasteiger partial charge in [0.1, 0.15) is 0 Å². The van der Waals surface area contributed by atoms with Crippen molar-refractivity contribution in [1.29, 1.82) is 0 Å². The number of nitrogens with zero attached hydrogens (tertiary/aromatic N) is 3. The summed E-state index contributed by atoms with van der Waals surface area (Å²) in [7, 11) is 0. The molecule has 0 aliphatic carbocycles. The number of nitro benzene ring substituents is 1. The number of para-hydroxylation sites is 1. The van der Waals surface area contributed by atoms with Crippen molar-refractivity contribution < 1.29 is 14.5 Å². The predicted molar refractivity (Wildman–Crippen MR) is 122 cm³/mol. The van der Waals surface area contributed by atoms with Crippen LogP contribution in [0.3, 0.4) is 0 Å². The normalized spacial score (nSPS) is 16.5. The summed E-state index contributed by atoms with van der Waals surface area (Å²) in [5, 5.41) is 11.6. The number of nitro groups is 1. The number of hydrogen-bond acceptors (Lipinski definition) is 5. The van der Waals surface area contributed by atoms with Crippen molar-refractivity contribution in [3.05, 3.63) is 80.9 Å². The summed E-state index contributed by atoms with van der Waals surface area (Å²) >= 11 is 0.894. The lowest BCUT2D eigenvalue weighted by Crippen LogP contribution is -2.27. The first-order valence-electron chi connectivity index (χ1n) is 9.97. The van der Waals surface area contributed by atoms with E-state index in [2.05, 4.69) is 18.4 Å². The van der Waals surface area contributed by atoms with E-state index < -0.39 is 4.92 Å². The first-order chi connectivity index (χ1) is 14.9. The minimum absolute atomic E-state index is 0.00167. The molecule has 31 heavy (non-hydrogen) atoms. The minimum atomic E-state index is -0.496. The number of non-ortho nitro benzene ring substituents is 1. The summed E-state index contributed by atoms with van der Waals surface area (Å²) in [5.74, 6) is -0.387. The topological polar surface area (TPSA) is 85.4 Å². The Bertz CT molecular complexity index is 1230. The summed E-state index contributed by atoms with van der Waals surface area (Å²) in [6.45, 7) is 4.26. The molecular weight excluding hydrogens is 414 g/mol. The average Bonchev–Trinajstić information content (AvgIpc) is 3.26. The van der Waals surface area contributed by atoms with Crippen LogP contribution >= 0.6 is 11.8 Å². The van der Waals surface area contributed by atoms with E-state index in [9.17, 15) is 19.7 Å². The molecule has 0 unspecified atom stereocenters. The van der Waals surface area contributed by atoms with Crippen molar-refractivity contribution >= 4 is 45.6 Å². The van der Waals surface area contributed by atoms with Gasteiger partial charge in [0.25, 0.3) is 16.8 Å². The van der Waals surface area contributed by atoms with Gasteiger partial charge >= 0.3 is 0 Å². The third-order valence-electron chi connectivity index (χ3n) is 5.46. The molecule has 2 aromatic carbocycles. The van der Waals surface area contributed by atoms with Gasteiger partial charge < -0.3 is 4.57 Å². The molecule has 1 saturated heterocycles. The molecule has 0 N–H and O–H groups in total. The molecule has 4 rings (SSSR count). The van der Waals surface area contributed by atoms with Gasteiger partial charge in [-0.25, -0.2) is 0 Å². The standard InChI is InChI=1S/C23H21N3O4S/c1-3-15(2)24-14-17(19-9-4-5-10-20(19)24)12-21-22(27)25(23(28)31-21)13-16-7-6-8-18(11-16)26(29)30/h4-12,14-15H,3,13H2,1-2H3/b21-12+/t15-/m0/s1. The maximum atomic E-state index is 13.0. The monoisotopic (exact) mass is 435 g/mol. The molecule has 2 amide bonds. The van der Waals surface area contributed by atoms with E-state index in [0.717, 1.165) is 39.5 Å². The van der Waals surface area contributed by atoms with E-state index in [-0.39, 0.29) is 23.4 Å². The Balaban J connectivity index is 1.65. The van der Waals surface area contributed by atoms with E-state index in [0.29, 0.717) is 16.5 Å². The summed E-state index contributed by atoms with van der Waals surface area (Å²) in [5.41, 5.74) is 2.43. The zero-order valence-corrected chi connectivity index (χ0v) is 18.0. The number of amides is 2. The zero-order valence-electron chi connectivity index (χ0n) is 17.1. The number of fused-ring (bicyclic) bond motifs is 1. The lowest BCUT2D eigenvalue weighted by molar-refractivity contribution is -0.384. The van der Waals surface area contributed by atoms with Crippen LogP contribution in [0.4, 0.5) is 10.5 Å². The largest absolute Gasteiger partial charge is 0.344 e. The second-order valence-electron chi connectivity index (χ2n) is 7.46. The Labute approximate surface area is 183 Å². The molecule has 7 nitrogen and oxygen atoms in total. The number of thioether (sulfide) groups is 1. The second kappa shape index (κ2) is 8.39. The lowest BCUT2D eigenvalue weighted by atomic mass is 10.1. The van der Waals surface area contributed by atoms with Crippen LogP contribution in [-0.4, -0.2) is 25.5 Å². The summed E-state index contributed by atoms with van der Waals surface area (Å²) in [4.78, 5) is 37.4. The first kappa shape index (κ1) is 20.9. The molecule has 1 aliphatic rings. The van der Waals surface area contributed by atoms with E-state index >= 15 is 0 Å². The van der Waals surface area contributed by atoms with Crippen LogP contribution in [0.1, 0.15) is 37.4 Å². The molecule has 1 atom stereocenters. The Morgan fingerprint density at radius 2 is 1.94 bits per heavy atom. The lowest BCUT2D eigenvalue weighted by Gasteiger charge is -2.12. The van der Waals surface area contributed by atoms with Crippen LogP contribution in [-0.2, 0) is 11.3 Å². The number of carbonyl (C=O) groups excluding carboxylic acids is 2. The molecular formula is C23H21N3O4S. The van der Waals surface area contributed by atoms with Crippen LogP contribution in [0.25, 0.3) is 17.0 Å². The number of carbonyl (C=O) groups is 2. The number of rotatable bonds is 6. The van der Waals surface area contributed by atoms with Crippen molar-refractivity contribution in [1.82, 2.24) is 9.47 Å². The van der Waals surface area contributed by atoms with Gasteiger partial charge in [-0.1, -0.05) is 37.3 Å². The van der Waals surface area contributed by atoms with Gasteiger partial charge in [-0.3, -0.25) is 24.6 Å². The van der Waals surface area contributed by atoms with Crippen LogP contribution in [0.2, 0.25) is 0 Å². The van der Waals surface area contributed by atoms with Crippen LogP contribution in [0.5, 0.6) is 0 Å². The number of benzene rings is 2. The van der Waals surface area contributed by atoms with Crippen LogP contribution in [0, 0.1) is 10.1 Å². The molecule has 158 valence electrons. The van der Waals surface area contributed by atoms with Gasteiger partial charge in [-0.05, 0) is 42.8 Å². The van der Waals surface area contributed by atoms with Gasteiger partial charge in [0.05, 0.1) is 16.4 Å². The molecule has 3 aromatic rings. The summed E-state index contributed by atoms with van der Waals surface area (Å²) in [6.07, 6.45) is 4.75. The number of aromatic nitrogens is 1. The fraction of sp³-hybridized carbons (Fsp3) is 0.217. The number of imide groups is 1. The molecule has 1 aliphatic heterocycles. The maximum absolute atomic E-state index is 13.0. The molecule has 1 fully saturated rings. The second-order valence-corrected chi connectivity index (χ2v) is 8.45. The highest BCUT2D eigenvalue weighted by Gasteiger charge is 2.35. The Morgan fingerprint density at radius 3 is 2.68 bits per heavy atom. The van der Waals surface area contributed by atoms with Crippen LogP contribution < -0.4 is 0 Å². The molecule has 2 heterocycles. The zero-order chi connectivity index (χ0) is 22.1. The average molecular weight is 436 g/mol. The Hall–Kier alpha value is -3.39. The third-order valence-corrected chi connectivity index (χ3v) is 6.37. The van der Waals surface area contributed by atoms with Gasteiger partial charge in [-0.2, -0.15) is 0 Å². The summed E-state index contributed by atoms with van der Waals surface area (Å²) < 4.78 is 2.19. The highest BCUT2D eigenvalue weighted by Crippen LogP contribution is 2.36. The van der Waals surface area contributed by atoms with E-state index in [1.165, 1.54) is 12.1 Å². The summed E-state index contributed by atoms with van der Waals surface area (Å²) in [6, 6.07) is 14.3. The first-order valence-corrected chi connectivity index (χ1v) is 10.8. The minimum Gasteiger partial charge on any atom is -0.344 e. The Kier molecular flexibility index (Phi) is 5.65. The van der Waals surface area contributed by atoms with Crippen LogP contribution in [0.15, 0.2) is 59.6 Å². The fourth-order valence-corrected chi connectivity index (χ4v) is 4.47. The van der Waals surface area contributed by atoms with Crippen molar-refractivity contribution in [3.8, 4) is 0 Å². The van der Waals surface area contributed by atoms with Crippen molar-refractivity contribution in [2.45, 2.75) is 32.9 Å². The van der Waals surface area contributed by atoms with E-state index in [1.54, 1.807) is 18.2 Å². The Morgan fingerprint density at radius 1 is 1.16 bits per heavy atom. The van der Waals surface area contributed by atoms with Crippen molar-refractivity contribution in [3.63, 3.8) is 0 Å². The van der Waals surface area contributed by atoms with Gasteiger partial charge in [-0.15, -0.1) is 0 Å². The molecule has 0 spiro atoms. The molecule has 0 bridgehead atoms. The highest BCUT2D eigenvalue weighted by atomic mass is 32.2. The van der Waals surface area contributed by atoms with Gasteiger partial charge in [0.15, 0.2) is 0 Å². The molecule has 1 aromatic heterocycles. The third kappa shape index (κ3) is 3.98. The van der Waals surface area contributed by atoms with Gasteiger partial charge in [0, 0.05) is 40.8 Å². The predicted octanol–water partition coefficient (Wildman–Crippen LogP) is 5.76. The molecule has 8 heteroatoms. The van der Waals surface area contributed by atoms with Gasteiger partial charge in [0.2, 0.25) is 0 Å². The molecule has 0 radical (unpaired) electrons. The maximum Gasteiger partial charge on any atom is 0.293 e. The fourth-order valence-electron chi connectivity index (χ4n) is 3.64. The quantitative estimate of drug-likeness (QED) is 0.279. The smallest absolute Gasteiger partial charge is 0.293 e. The van der Waals surface area contributed by atoms with Crippen molar-refractivity contribution in [2.24, 2.45) is 0 Å². The van der Waals surface area contributed by atoms with E-state index in [4.69, 9.17) is 0 Å².